The van der Waals surface area contributed by atoms with Gasteiger partial charge >= 0.3 is 5.97 Å². The molecule has 1 fully saturated rings. The van der Waals surface area contributed by atoms with E-state index in [1.54, 1.807) is 0 Å². The molecule has 0 saturated heterocycles. The SMILES string of the molecule is COC(=O)[C@H](NC(=O)[C@H](NC(C)=O)C(C)C)C1CCCCC1. The molecule has 0 spiro atoms. The lowest BCUT2D eigenvalue weighted by Gasteiger charge is -2.31. The van der Waals surface area contributed by atoms with E-state index in [-0.39, 0.29) is 23.7 Å². The molecule has 2 amide bonds. The van der Waals surface area contributed by atoms with Gasteiger partial charge in [0.1, 0.15) is 12.1 Å². The van der Waals surface area contributed by atoms with Crippen molar-refractivity contribution in [3.05, 3.63) is 0 Å². The van der Waals surface area contributed by atoms with Crippen molar-refractivity contribution in [3.63, 3.8) is 0 Å². The third-order valence-electron chi connectivity index (χ3n) is 4.18. The topological polar surface area (TPSA) is 84.5 Å². The smallest absolute Gasteiger partial charge is 0.328 e. The van der Waals surface area contributed by atoms with Gasteiger partial charge in [0, 0.05) is 6.92 Å². The van der Waals surface area contributed by atoms with Gasteiger partial charge in [-0.25, -0.2) is 4.79 Å². The first-order chi connectivity index (χ1) is 10.4. The molecule has 1 rings (SSSR count). The molecule has 2 atom stereocenters. The van der Waals surface area contributed by atoms with Crippen LogP contribution in [0.2, 0.25) is 0 Å². The predicted molar refractivity (Wildman–Crippen MR) is 83.0 cm³/mol. The van der Waals surface area contributed by atoms with Crippen LogP contribution in [0.15, 0.2) is 0 Å². The molecule has 6 heteroatoms. The summed E-state index contributed by atoms with van der Waals surface area (Å²) in [4.78, 5) is 35.8. The van der Waals surface area contributed by atoms with E-state index in [9.17, 15) is 14.4 Å². The van der Waals surface area contributed by atoms with E-state index in [0.717, 1.165) is 25.7 Å². The quantitative estimate of drug-likeness (QED) is 0.726. The van der Waals surface area contributed by atoms with Gasteiger partial charge < -0.3 is 15.4 Å². The Labute approximate surface area is 132 Å². The number of carbonyl (C=O) groups excluding carboxylic acids is 3. The molecule has 0 heterocycles. The molecular formula is C16H28N2O4. The van der Waals surface area contributed by atoms with Crippen LogP contribution in [0.25, 0.3) is 0 Å². The van der Waals surface area contributed by atoms with Crippen LogP contribution in [-0.4, -0.2) is 37.0 Å². The molecule has 0 bridgehead atoms. The summed E-state index contributed by atoms with van der Waals surface area (Å²) in [5, 5.41) is 5.44. The maximum Gasteiger partial charge on any atom is 0.328 e. The number of hydrogen-bond acceptors (Lipinski definition) is 4. The zero-order valence-corrected chi connectivity index (χ0v) is 14.0. The summed E-state index contributed by atoms with van der Waals surface area (Å²) in [5.41, 5.74) is 0. The molecule has 0 unspecified atom stereocenters. The van der Waals surface area contributed by atoms with Gasteiger partial charge in [-0.05, 0) is 24.7 Å². The molecular weight excluding hydrogens is 284 g/mol. The summed E-state index contributed by atoms with van der Waals surface area (Å²) < 4.78 is 4.85. The average molecular weight is 312 g/mol. The van der Waals surface area contributed by atoms with E-state index in [2.05, 4.69) is 10.6 Å². The molecule has 1 aliphatic rings. The Morgan fingerprint density at radius 2 is 1.64 bits per heavy atom. The lowest BCUT2D eigenvalue weighted by Crippen LogP contribution is -2.55. The van der Waals surface area contributed by atoms with Crippen molar-refractivity contribution in [2.24, 2.45) is 11.8 Å². The van der Waals surface area contributed by atoms with Crippen LogP contribution in [-0.2, 0) is 19.1 Å². The van der Waals surface area contributed by atoms with E-state index in [4.69, 9.17) is 4.74 Å². The molecule has 1 aliphatic carbocycles. The fourth-order valence-electron chi connectivity index (χ4n) is 2.96. The number of amides is 2. The predicted octanol–water partition coefficient (Wildman–Crippen LogP) is 1.39. The number of rotatable bonds is 6. The van der Waals surface area contributed by atoms with E-state index < -0.39 is 18.1 Å². The molecule has 6 nitrogen and oxygen atoms in total. The standard InChI is InChI=1S/C16H28N2O4/c1-10(2)13(17-11(3)19)15(20)18-14(16(21)22-4)12-8-6-5-7-9-12/h10,12-14H,5-9H2,1-4H3,(H,17,19)(H,18,20)/t13-,14-/m1/s1. The molecule has 22 heavy (non-hydrogen) atoms. The largest absolute Gasteiger partial charge is 0.467 e. The second-order valence-corrected chi connectivity index (χ2v) is 6.33. The molecule has 0 radical (unpaired) electrons. The number of carbonyl (C=O) groups is 3. The fourth-order valence-corrected chi connectivity index (χ4v) is 2.96. The van der Waals surface area contributed by atoms with Crippen LogP contribution < -0.4 is 10.6 Å². The Balaban J connectivity index is 2.80. The number of ether oxygens (including phenoxy) is 1. The normalized spacial score (nSPS) is 18.4. The van der Waals surface area contributed by atoms with E-state index in [0.29, 0.717) is 0 Å². The van der Waals surface area contributed by atoms with E-state index in [1.165, 1.54) is 20.5 Å². The molecule has 0 aromatic carbocycles. The van der Waals surface area contributed by atoms with Gasteiger partial charge in [-0.15, -0.1) is 0 Å². The van der Waals surface area contributed by atoms with Crippen LogP contribution in [0, 0.1) is 11.8 Å². The zero-order valence-electron chi connectivity index (χ0n) is 14.0. The molecule has 0 aromatic rings. The Kier molecular flexibility index (Phi) is 7.35. The second-order valence-electron chi connectivity index (χ2n) is 6.33. The maximum absolute atomic E-state index is 12.5. The van der Waals surface area contributed by atoms with Gasteiger partial charge in [0.05, 0.1) is 7.11 Å². The summed E-state index contributed by atoms with van der Waals surface area (Å²) in [7, 11) is 1.33. The van der Waals surface area contributed by atoms with Gasteiger partial charge in [-0.1, -0.05) is 33.1 Å². The summed E-state index contributed by atoms with van der Waals surface area (Å²) >= 11 is 0. The molecule has 0 aliphatic heterocycles. The second kappa shape index (κ2) is 8.76. The lowest BCUT2D eigenvalue weighted by molar-refractivity contribution is -0.147. The maximum atomic E-state index is 12.5. The first-order valence-electron chi connectivity index (χ1n) is 8.02. The monoisotopic (exact) mass is 312 g/mol. The number of esters is 1. The van der Waals surface area contributed by atoms with Gasteiger partial charge in [0.25, 0.3) is 0 Å². The van der Waals surface area contributed by atoms with Crippen molar-refractivity contribution in [2.75, 3.05) is 7.11 Å². The van der Waals surface area contributed by atoms with Crippen LogP contribution in [0.4, 0.5) is 0 Å². The van der Waals surface area contributed by atoms with Crippen LogP contribution in [0.3, 0.4) is 0 Å². The Bertz CT molecular complexity index is 403. The van der Waals surface area contributed by atoms with Crippen molar-refractivity contribution < 1.29 is 19.1 Å². The van der Waals surface area contributed by atoms with Crippen LogP contribution in [0.1, 0.15) is 52.9 Å². The molecule has 126 valence electrons. The highest BCUT2D eigenvalue weighted by molar-refractivity contribution is 5.90. The highest BCUT2D eigenvalue weighted by Crippen LogP contribution is 2.27. The third-order valence-corrected chi connectivity index (χ3v) is 4.18. The van der Waals surface area contributed by atoms with Crippen molar-refractivity contribution >= 4 is 17.8 Å². The summed E-state index contributed by atoms with van der Waals surface area (Å²) in [6, 6.07) is -1.28. The Morgan fingerprint density at radius 3 is 2.09 bits per heavy atom. The Morgan fingerprint density at radius 1 is 1.05 bits per heavy atom. The van der Waals surface area contributed by atoms with Gasteiger partial charge in [-0.2, -0.15) is 0 Å². The summed E-state index contributed by atoms with van der Waals surface area (Å²) in [5.74, 6) is -0.957. The van der Waals surface area contributed by atoms with E-state index >= 15 is 0 Å². The number of hydrogen-bond donors (Lipinski definition) is 2. The summed E-state index contributed by atoms with van der Waals surface area (Å²) in [6.45, 7) is 5.09. The van der Waals surface area contributed by atoms with Crippen LogP contribution in [0.5, 0.6) is 0 Å². The minimum Gasteiger partial charge on any atom is -0.467 e. The zero-order chi connectivity index (χ0) is 16.7. The van der Waals surface area contributed by atoms with Crippen molar-refractivity contribution in [1.29, 1.82) is 0 Å². The van der Waals surface area contributed by atoms with Crippen molar-refractivity contribution in [1.82, 2.24) is 10.6 Å². The minimum absolute atomic E-state index is 0.0615. The third kappa shape index (κ3) is 5.31. The molecule has 2 N–H and O–H groups in total. The highest BCUT2D eigenvalue weighted by Gasteiger charge is 2.34. The average Bonchev–Trinajstić information content (AvgIpc) is 2.49. The van der Waals surface area contributed by atoms with E-state index in [1.807, 2.05) is 13.8 Å². The van der Waals surface area contributed by atoms with Gasteiger partial charge in [0.2, 0.25) is 11.8 Å². The first-order valence-corrected chi connectivity index (χ1v) is 8.02. The van der Waals surface area contributed by atoms with Crippen molar-refractivity contribution in [2.45, 2.75) is 65.0 Å². The van der Waals surface area contributed by atoms with Crippen LogP contribution >= 0.6 is 0 Å². The first kappa shape index (κ1) is 18.5. The number of nitrogens with one attached hydrogen (secondary N) is 2. The lowest BCUT2D eigenvalue weighted by atomic mass is 9.83. The van der Waals surface area contributed by atoms with Gasteiger partial charge in [0.15, 0.2) is 0 Å². The molecule has 0 aromatic heterocycles. The highest BCUT2D eigenvalue weighted by atomic mass is 16.5. The van der Waals surface area contributed by atoms with Crippen molar-refractivity contribution in [3.8, 4) is 0 Å². The molecule has 1 saturated carbocycles. The minimum atomic E-state index is -0.645. The Hall–Kier alpha value is -1.59. The summed E-state index contributed by atoms with van der Waals surface area (Å²) in [6.07, 6.45) is 5.11. The van der Waals surface area contributed by atoms with Gasteiger partial charge in [-0.3, -0.25) is 9.59 Å². The fraction of sp³-hybridized carbons (Fsp3) is 0.812. The number of methoxy groups -OCH3 is 1.